The summed E-state index contributed by atoms with van der Waals surface area (Å²) < 4.78 is 40.1. The van der Waals surface area contributed by atoms with Gasteiger partial charge in [0.1, 0.15) is 5.69 Å². The van der Waals surface area contributed by atoms with Gasteiger partial charge in [0.05, 0.1) is 23.7 Å². The number of carbonyl (C=O) groups is 1. The summed E-state index contributed by atoms with van der Waals surface area (Å²) in [6.45, 7) is 0. The maximum absolute atomic E-state index is 12.9. The molecule has 0 fully saturated rings. The normalized spacial score (nSPS) is 11.6. The van der Waals surface area contributed by atoms with Gasteiger partial charge in [-0.15, -0.1) is 0 Å². The quantitative estimate of drug-likeness (QED) is 0.440. The van der Waals surface area contributed by atoms with Crippen LogP contribution in [0.2, 0.25) is 5.02 Å². The fourth-order valence-electron chi connectivity index (χ4n) is 3.00. The van der Waals surface area contributed by atoms with Crippen LogP contribution in [0.15, 0.2) is 67.1 Å². The molecule has 30 heavy (non-hydrogen) atoms. The molecule has 152 valence electrons. The highest BCUT2D eigenvalue weighted by Gasteiger charge is 2.30. The van der Waals surface area contributed by atoms with E-state index in [1.807, 2.05) is 0 Å². The molecule has 0 aliphatic rings. The van der Waals surface area contributed by atoms with E-state index in [1.54, 1.807) is 35.7 Å². The molecular weight excluding hydrogens is 417 g/mol. The summed E-state index contributed by atoms with van der Waals surface area (Å²) in [6, 6.07) is 11.5. The second-order valence-corrected chi connectivity index (χ2v) is 7.00. The van der Waals surface area contributed by atoms with Crippen LogP contribution >= 0.6 is 11.6 Å². The van der Waals surface area contributed by atoms with E-state index in [9.17, 15) is 18.0 Å². The Bertz CT molecular complexity index is 1220. The molecule has 9 heteroatoms. The van der Waals surface area contributed by atoms with Gasteiger partial charge in [-0.3, -0.25) is 9.20 Å². The number of alkyl halides is 3. The van der Waals surface area contributed by atoms with Crippen LogP contribution in [0.4, 0.5) is 18.9 Å². The summed E-state index contributed by atoms with van der Waals surface area (Å²) in [5.74, 6) is -0.355. The second-order valence-electron chi connectivity index (χ2n) is 6.56. The van der Waals surface area contributed by atoms with E-state index in [0.717, 1.165) is 12.1 Å². The minimum absolute atomic E-state index is 0.158. The van der Waals surface area contributed by atoms with Gasteiger partial charge in [-0.2, -0.15) is 13.2 Å². The van der Waals surface area contributed by atoms with Crippen molar-refractivity contribution in [3.8, 4) is 11.3 Å². The number of aromatic nitrogens is 3. The molecule has 0 saturated heterocycles. The number of imidazole rings is 1. The van der Waals surface area contributed by atoms with Gasteiger partial charge in [-0.25, -0.2) is 9.97 Å². The molecule has 0 unspecified atom stereocenters. The molecule has 1 amide bonds. The molecule has 4 aromatic rings. The van der Waals surface area contributed by atoms with Gasteiger partial charge in [0.15, 0.2) is 5.65 Å². The molecule has 0 atom stereocenters. The molecule has 0 bridgehead atoms. The fourth-order valence-corrected chi connectivity index (χ4v) is 3.12. The Kier molecular flexibility index (Phi) is 4.95. The Morgan fingerprint density at radius 2 is 1.67 bits per heavy atom. The predicted molar refractivity (Wildman–Crippen MR) is 108 cm³/mol. The molecule has 0 aliphatic carbocycles. The van der Waals surface area contributed by atoms with Gasteiger partial charge < -0.3 is 4.90 Å². The Morgan fingerprint density at radius 3 is 2.30 bits per heavy atom. The van der Waals surface area contributed by atoms with E-state index in [-0.39, 0.29) is 11.6 Å². The van der Waals surface area contributed by atoms with Crippen molar-refractivity contribution in [2.24, 2.45) is 0 Å². The van der Waals surface area contributed by atoms with Gasteiger partial charge in [-0.05, 0) is 36.4 Å². The number of rotatable bonds is 3. The molecule has 0 spiro atoms. The maximum Gasteiger partial charge on any atom is 0.416 e. The van der Waals surface area contributed by atoms with Crippen LogP contribution in [0, 0.1) is 0 Å². The Morgan fingerprint density at radius 1 is 1.00 bits per heavy atom. The van der Waals surface area contributed by atoms with Crippen LogP contribution < -0.4 is 4.90 Å². The van der Waals surface area contributed by atoms with Crippen LogP contribution in [-0.4, -0.2) is 27.3 Å². The lowest BCUT2D eigenvalue weighted by molar-refractivity contribution is -0.137. The molecule has 0 aliphatic heterocycles. The largest absolute Gasteiger partial charge is 0.416 e. The van der Waals surface area contributed by atoms with E-state index in [1.165, 1.54) is 35.6 Å². The summed E-state index contributed by atoms with van der Waals surface area (Å²) in [5, 5.41) is 0.554. The zero-order chi connectivity index (χ0) is 21.5. The summed E-state index contributed by atoms with van der Waals surface area (Å²) in [5.41, 5.74) is 1.61. The van der Waals surface area contributed by atoms with Gasteiger partial charge in [-0.1, -0.05) is 23.7 Å². The lowest BCUT2D eigenvalue weighted by Crippen LogP contribution is -2.27. The molecule has 2 aromatic carbocycles. The molecule has 0 saturated carbocycles. The standard InChI is InChI=1S/C21H14ClF3N4O/c1-28(16-8-6-15(22)7-9-16)20(30)17-12-29-18(10-27-19(29)11-26-17)13-2-4-14(5-3-13)21(23,24)25/h2-12H,1H3. The summed E-state index contributed by atoms with van der Waals surface area (Å²) in [6.07, 6.45) is 0.0746. The average Bonchev–Trinajstić information content (AvgIpc) is 3.16. The maximum atomic E-state index is 12.9. The number of amides is 1. The lowest BCUT2D eigenvalue weighted by Gasteiger charge is -2.17. The Labute approximate surface area is 174 Å². The molecule has 2 heterocycles. The molecule has 4 rings (SSSR count). The van der Waals surface area contributed by atoms with Gasteiger partial charge in [0.2, 0.25) is 0 Å². The highest BCUT2D eigenvalue weighted by atomic mass is 35.5. The van der Waals surface area contributed by atoms with Crippen molar-refractivity contribution in [2.45, 2.75) is 6.18 Å². The van der Waals surface area contributed by atoms with Crippen molar-refractivity contribution in [2.75, 3.05) is 11.9 Å². The third kappa shape index (κ3) is 3.73. The first-order valence-electron chi connectivity index (χ1n) is 8.78. The minimum atomic E-state index is -4.41. The summed E-state index contributed by atoms with van der Waals surface area (Å²) in [4.78, 5) is 22.7. The number of benzene rings is 2. The van der Waals surface area contributed by atoms with Crippen LogP contribution in [0.1, 0.15) is 16.1 Å². The number of hydrogen-bond acceptors (Lipinski definition) is 3. The number of nitrogens with zero attached hydrogens (tertiary/aromatic N) is 4. The molecule has 0 radical (unpaired) electrons. The van der Waals surface area contributed by atoms with E-state index in [4.69, 9.17) is 11.6 Å². The lowest BCUT2D eigenvalue weighted by atomic mass is 10.1. The Hall–Kier alpha value is -3.39. The van der Waals surface area contributed by atoms with Gasteiger partial charge >= 0.3 is 6.18 Å². The van der Waals surface area contributed by atoms with Crippen molar-refractivity contribution >= 4 is 28.8 Å². The minimum Gasteiger partial charge on any atom is -0.310 e. The smallest absolute Gasteiger partial charge is 0.310 e. The first-order chi connectivity index (χ1) is 14.2. The molecule has 0 N–H and O–H groups in total. The van der Waals surface area contributed by atoms with Crippen LogP contribution in [0.25, 0.3) is 16.9 Å². The average molecular weight is 431 g/mol. The van der Waals surface area contributed by atoms with Crippen LogP contribution in [0.5, 0.6) is 0 Å². The SMILES string of the molecule is CN(C(=O)c1cn2c(-c3ccc(C(F)(F)F)cc3)cnc2cn1)c1ccc(Cl)cc1. The zero-order valence-electron chi connectivity index (χ0n) is 15.6. The van der Waals surface area contributed by atoms with E-state index in [2.05, 4.69) is 9.97 Å². The van der Waals surface area contributed by atoms with Crippen LogP contribution in [0.3, 0.4) is 0 Å². The topological polar surface area (TPSA) is 50.5 Å². The first kappa shape index (κ1) is 19.9. The zero-order valence-corrected chi connectivity index (χ0v) is 16.3. The highest BCUT2D eigenvalue weighted by Crippen LogP contribution is 2.31. The number of carbonyl (C=O) groups excluding carboxylic acids is 1. The Balaban J connectivity index is 1.69. The van der Waals surface area contributed by atoms with Crippen molar-refractivity contribution in [3.05, 3.63) is 83.4 Å². The number of fused-ring (bicyclic) bond motifs is 1. The monoisotopic (exact) mass is 430 g/mol. The summed E-state index contributed by atoms with van der Waals surface area (Å²) >= 11 is 5.89. The van der Waals surface area contributed by atoms with Crippen LogP contribution in [-0.2, 0) is 6.18 Å². The van der Waals surface area contributed by atoms with Crippen molar-refractivity contribution in [3.63, 3.8) is 0 Å². The molecular formula is C21H14ClF3N4O. The van der Waals surface area contributed by atoms with E-state index in [0.29, 0.717) is 27.6 Å². The molecule has 2 aromatic heterocycles. The predicted octanol–water partition coefficient (Wildman–Crippen LogP) is 5.35. The first-order valence-corrected chi connectivity index (χ1v) is 9.16. The van der Waals surface area contributed by atoms with Gasteiger partial charge in [0, 0.05) is 29.5 Å². The second kappa shape index (κ2) is 7.46. The third-order valence-electron chi connectivity index (χ3n) is 4.64. The van der Waals surface area contributed by atoms with Crippen molar-refractivity contribution < 1.29 is 18.0 Å². The summed E-state index contributed by atoms with van der Waals surface area (Å²) in [7, 11) is 1.61. The van der Waals surface area contributed by atoms with E-state index < -0.39 is 11.7 Å². The highest BCUT2D eigenvalue weighted by molar-refractivity contribution is 6.30. The van der Waals surface area contributed by atoms with E-state index >= 15 is 0 Å². The number of halogens is 4. The van der Waals surface area contributed by atoms with Crippen molar-refractivity contribution in [1.82, 2.24) is 14.4 Å². The fraction of sp³-hybridized carbons (Fsp3) is 0.0952. The number of anilines is 1. The molecule has 5 nitrogen and oxygen atoms in total. The van der Waals surface area contributed by atoms with Gasteiger partial charge in [0.25, 0.3) is 5.91 Å². The van der Waals surface area contributed by atoms with Crippen molar-refractivity contribution in [1.29, 1.82) is 0 Å². The third-order valence-corrected chi connectivity index (χ3v) is 4.89. The number of hydrogen-bond donors (Lipinski definition) is 0.